The van der Waals surface area contributed by atoms with Crippen molar-refractivity contribution >= 4 is 37.6 Å². The van der Waals surface area contributed by atoms with Gasteiger partial charge in [-0.1, -0.05) is 33.6 Å². The molecule has 18 heavy (non-hydrogen) atoms. The van der Waals surface area contributed by atoms with Crippen molar-refractivity contribution in [1.29, 1.82) is 0 Å². The molecule has 4 nitrogen and oxygen atoms in total. The van der Waals surface area contributed by atoms with E-state index in [0.29, 0.717) is 30.0 Å². The van der Waals surface area contributed by atoms with E-state index in [1.54, 1.807) is 12.1 Å². The molecular weight excluding hydrogens is 342 g/mol. The van der Waals surface area contributed by atoms with Crippen LogP contribution in [0.25, 0.3) is 0 Å². The third-order valence-electron chi connectivity index (χ3n) is 2.31. The lowest BCUT2D eigenvalue weighted by molar-refractivity contribution is 0.181. The molecule has 1 aromatic carbocycles. The van der Waals surface area contributed by atoms with Crippen LogP contribution in [0.2, 0.25) is 5.02 Å². The Morgan fingerprint density at radius 3 is 2.67 bits per heavy atom. The first-order valence-electron chi connectivity index (χ1n) is 5.33. The summed E-state index contributed by atoms with van der Waals surface area (Å²) in [5.74, 6) is 0. The van der Waals surface area contributed by atoms with E-state index in [1.807, 2.05) is 0 Å². The number of rotatable bonds is 7. The highest BCUT2D eigenvalue weighted by Crippen LogP contribution is 2.19. The Hall–Kier alpha value is -0.140. The molecule has 0 saturated heterocycles. The van der Waals surface area contributed by atoms with Gasteiger partial charge in [-0.2, -0.15) is 4.31 Å². The maximum Gasteiger partial charge on any atom is 0.243 e. The summed E-state index contributed by atoms with van der Waals surface area (Å²) in [6.45, 7) is 1.06. The second kappa shape index (κ2) is 7.45. The molecule has 0 amide bonds. The highest BCUT2D eigenvalue weighted by molar-refractivity contribution is 9.09. The van der Waals surface area contributed by atoms with Crippen molar-refractivity contribution < 1.29 is 13.2 Å². The molecule has 0 aromatic heterocycles. The number of benzene rings is 1. The molecule has 0 bridgehead atoms. The summed E-state index contributed by atoms with van der Waals surface area (Å²) in [7, 11) is -1.98. The van der Waals surface area contributed by atoms with Crippen LogP contribution in [-0.4, -0.2) is 44.9 Å². The summed E-state index contributed by atoms with van der Waals surface area (Å²) in [4.78, 5) is 0.201. The van der Waals surface area contributed by atoms with Gasteiger partial charge >= 0.3 is 0 Å². The van der Waals surface area contributed by atoms with Crippen LogP contribution in [0.15, 0.2) is 29.2 Å². The molecule has 0 heterocycles. The minimum absolute atomic E-state index is 0.201. The fourth-order valence-corrected chi connectivity index (χ4v) is 3.80. The number of sulfonamides is 1. The van der Waals surface area contributed by atoms with Crippen LogP contribution in [-0.2, 0) is 14.8 Å². The van der Waals surface area contributed by atoms with Crippen LogP contribution in [0, 0.1) is 0 Å². The van der Waals surface area contributed by atoms with E-state index in [9.17, 15) is 8.42 Å². The summed E-state index contributed by atoms with van der Waals surface area (Å²) < 4.78 is 31.0. The Labute approximate surface area is 121 Å². The van der Waals surface area contributed by atoms with Crippen molar-refractivity contribution in [3.8, 4) is 0 Å². The van der Waals surface area contributed by atoms with Crippen molar-refractivity contribution in [1.82, 2.24) is 4.31 Å². The average Bonchev–Trinajstić information content (AvgIpc) is 2.34. The van der Waals surface area contributed by atoms with Gasteiger partial charge in [0.25, 0.3) is 0 Å². The van der Waals surface area contributed by atoms with Gasteiger partial charge in [0.1, 0.15) is 0 Å². The molecule has 0 saturated carbocycles. The zero-order chi connectivity index (χ0) is 13.6. The van der Waals surface area contributed by atoms with Gasteiger partial charge in [0, 0.05) is 30.6 Å². The zero-order valence-corrected chi connectivity index (χ0v) is 13.1. The minimum Gasteiger partial charge on any atom is -0.383 e. The van der Waals surface area contributed by atoms with Gasteiger partial charge in [0.05, 0.1) is 11.5 Å². The number of halogens is 2. The molecule has 0 aliphatic carbocycles. The summed E-state index contributed by atoms with van der Waals surface area (Å²) in [5.41, 5.74) is 0. The van der Waals surface area contributed by atoms with E-state index in [2.05, 4.69) is 15.9 Å². The summed E-state index contributed by atoms with van der Waals surface area (Å²) in [6, 6.07) is 6.25. The van der Waals surface area contributed by atoms with Crippen LogP contribution >= 0.6 is 27.5 Å². The predicted octanol–water partition coefficient (Wildman–Crippen LogP) is 2.37. The van der Waals surface area contributed by atoms with E-state index in [-0.39, 0.29) is 4.90 Å². The molecule has 0 N–H and O–H groups in total. The predicted molar refractivity (Wildman–Crippen MR) is 75.9 cm³/mol. The fourth-order valence-electron chi connectivity index (χ4n) is 1.42. The van der Waals surface area contributed by atoms with Crippen molar-refractivity contribution in [3.63, 3.8) is 0 Å². The Morgan fingerprint density at radius 2 is 2.11 bits per heavy atom. The molecule has 7 heteroatoms. The van der Waals surface area contributed by atoms with Crippen molar-refractivity contribution in [2.75, 3.05) is 32.1 Å². The van der Waals surface area contributed by atoms with Crippen molar-refractivity contribution in [2.24, 2.45) is 0 Å². The molecule has 0 aliphatic heterocycles. The normalized spacial score (nSPS) is 12.0. The van der Waals surface area contributed by atoms with Crippen LogP contribution < -0.4 is 0 Å². The zero-order valence-electron chi connectivity index (χ0n) is 9.97. The van der Waals surface area contributed by atoms with E-state index < -0.39 is 10.0 Å². The largest absolute Gasteiger partial charge is 0.383 e. The van der Waals surface area contributed by atoms with Crippen molar-refractivity contribution in [2.45, 2.75) is 4.90 Å². The number of alkyl halides is 1. The number of hydrogen-bond donors (Lipinski definition) is 0. The van der Waals surface area contributed by atoms with E-state index in [4.69, 9.17) is 16.3 Å². The Bertz CT molecular complexity index is 481. The Kier molecular flexibility index (Phi) is 6.59. The molecule has 0 radical (unpaired) electrons. The SMILES string of the molecule is COCCN(CCBr)S(=O)(=O)c1cccc(Cl)c1. The van der Waals surface area contributed by atoms with E-state index >= 15 is 0 Å². The minimum atomic E-state index is -3.52. The fraction of sp³-hybridized carbons (Fsp3) is 0.455. The van der Waals surface area contributed by atoms with Crippen LogP contribution in [0.3, 0.4) is 0 Å². The topological polar surface area (TPSA) is 46.6 Å². The second-order valence-electron chi connectivity index (χ2n) is 3.54. The first kappa shape index (κ1) is 15.9. The Balaban J connectivity index is 3.00. The van der Waals surface area contributed by atoms with Gasteiger partial charge in [0.2, 0.25) is 10.0 Å². The van der Waals surface area contributed by atoms with Gasteiger partial charge in [0.15, 0.2) is 0 Å². The quantitative estimate of drug-likeness (QED) is 0.705. The van der Waals surface area contributed by atoms with Gasteiger partial charge in [-0.05, 0) is 18.2 Å². The maximum absolute atomic E-state index is 12.4. The summed E-state index contributed by atoms with van der Waals surface area (Å²) >= 11 is 9.07. The molecule has 0 atom stereocenters. The monoisotopic (exact) mass is 355 g/mol. The molecule has 0 spiro atoms. The average molecular weight is 357 g/mol. The molecule has 1 rings (SSSR count). The third-order valence-corrected chi connectivity index (χ3v) is 4.80. The Morgan fingerprint density at radius 1 is 1.39 bits per heavy atom. The van der Waals surface area contributed by atoms with E-state index in [1.165, 1.54) is 23.5 Å². The number of nitrogens with zero attached hydrogens (tertiary/aromatic N) is 1. The van der Waals surface area contributed by atoms with E-state index in [0.717, 1.165) is 0 Å². The first-order valence-corrected chi connectivity index (χ1v) is 8.27. The molecule has 0 aliphatic rings. The molecule has 0 fully saturated rings. The molecule has 102 valence electrons. The lowest BCUT2D eigenvalue weighted by Gasteiger charge is -2.21. The lowest BCUT2D eigenvalue weighted by Crippen LogP contribution is -2.35. The van der Waals surface area contributed by atoms with Crippen LogP contribution in [0.4, 0.5) is 0 Å². The van der Waals surface area contributed by atoms with Gasteiger partial charge in [-0.3, -0.25) is 0 Å². The van der Waals surface area contributed by atoms with Crippen LogP contribution in [0.1, 0.15) is 0 Å². The molecule has 0 unspecified atom stereocenters. The third kappa shape index (κ3) is 4.20. The number of hydrogen-bond acceptors (Lipinski definition) is 3. The smallest absolute Gasteiger partial charge is 0.243 e. The highest BCUT2D eigenvalue weighted by Gasteiger charge is 2.23. The first-order chi connectivity index (χ1) is 8.52. The highest BCUT2D eigenvalue weighted by atomic mass is 79.9. The molecular formula is C11H15BrClNO3S. The standard InChI is InChI=1S/C11H15BrClNO3S/c1-17-8-7-14(6-5-12)18(15,16)11-4-2-3-10(13)9-11/h2-4,9H,5-8H2,1H3. The number of ether oxygens (including phenoxy) is 1. The van der Waals surface area contributed by atoms with Gasteiger partial charge in [-0.15, -0.1) is 0 Å². The van der Waals surface area contributed by atoms with Crippen LogP contribution in [0.5, 0.6) is 0 Å². The van der Waals surface area contributed by atoms with Crippen molar-refractivity contribution in [3.05, 3.63) is 29.3 Å². The molecule has 1 aromatic rings. The maximum atomic E-state index is 12.4. The van der Waals surface area contributed by atoms with Gasteiger partial charge < -0.3 is 4.74 Å². The second-order valence-corrected chi connectivity index (χ2v) is 6.71. The number of methoxy groups -OCH3 is 1. The summed E-state index contributed by atoms with van der Waals surface area (Å²) in [6.07, 6.45) is 0. The summed E-state index contributed by atoms with van der Waals surface area (Å²) in [5, 5.41) is 0.970. The lowest BCUT2D eigenvalue weighted by atomic mass is 10.4. The van der Waals surface area contributed by atoms with Gasteiger partial charge in [-0.25, -0.2) is 8.42 Å².